The summed E-state index contributed by atoms with van der Waals surface area (Å²) in [7, 11) is 0. The van der Waals surface area contributed by atoms with Crippen LogP contribution in [-0.4, -0.2) is 42.8 Å². The van der Waals surface area contributed by atoms with Crippen molar-refractivity contribution in [1.82, 2.24) is 4.90 Å². The number of amides is 1. The fourth-order valence-corrected chi connectivity index (χ4v) is 3.39. The van der Waals surface area contributed by atoms with Gasteiger partial charge in [-0.15, -0.1) is 0 Å². The predicted octanol–water partition coefficient (Wildman–Crippen LogP) is 3.82. The highest BCUT2D eigenvalue weighted by molar-refractivity contribution is 6.30. The van der Waals surface area contributed by atoms with Crippen LogP contribution in [0.25, 0.3) is 0 Å². The minimum absolute atomic E-state index is 0.0604. The molecule has 1 fully saturated rings. The van der Waals surface area contributed by atoms with Crippen LogP contribution in [0.4, 0.5) is 5.69 Å². The van der Waals surface area contributed by atoms with Gasteiger partial charge in [-0.1, -0.05) is 41.9 Å². The first-order chi connectivity index (χ1) is 12.5. The Morgan fingerprint density at radius 1 is 1.00 bits per heavy atom. The molecular weight excluding hydrogens is 348 g/mol. The quantitative estimate of drug-likeness (QED) is 0.751. The largest absolute Gasteiger partial charge is 0.368 e. The predicted molar refractivity (Wildman–Crippen MR) is 105 cm³/mol. The van der Waals surface area contributed by atoms with E-state index in [0.717, 1.165) is 42.5 Å². The molecule has 2 aromatic rings. The maximum Gasteiger partial charge on any atom is 0.223 e. The number of hydrogen-bond donors (Lipinski definition) is 0. The molecule has 5 heteroatoms. The fraction of sp³-hybridized carbons (Fsp3) is 0.333. The van der Waals surface area contributed by atoms with E-state index in [-0.39, 0.29) is 11.7 Å². The molecule has 136 valence electrons. The number of Topliss-reactive ketones (excluding diaryl/α,β-unsaturated/α-hetero) is 1. The summed E-state index contributed by atoms with van der Waals surface area (Å²) in [4.78, 5) is 28.0. The minimum Gasteiger partial charge on any atom is -0.368 e. The van der Waals surface area contributed by atoms with Crippen molar-refractivity contribution in [2.24, 2.45) is 0 Å². The lowest BCUT2D eigenvalue weighted by Crippen LogP contribution is -2.48. The standard InChI is InChI=1S/C21H23ClN2O2/c1-16(25)18-8-5-17(6-9-18)7-10-21(26)24-13-11-23(12-14-24)20-4-2-3-19(22)15-20/h2-6,8-9,15H,7,10-14H2,1H3. The SMILES string of the molecule is CC(=O)c1ccc(CCC(=O)N2CCN(c3cccc(Cl)c3)CC2)cc1. The molecule has 3 rings (SSSR count). The molecule has 0 saturated carbocycles. The monoisotopic (exact) mass is 370 g/mol. The molecule has 1 saturated heterocycles. The van der Waals surface area contributed by atoms with Crippen molar-refractivity contribution in [1.29, 1.82) is 0 Å². The summed E-state index contributed by atoms with van der Waals surface area (Å²) in [6, 6.07) is 15.3. The van der Waals surface area contributed by atoms with E-state index in [9.17, 15) is 9.59 Å². The molecule has 0 atom stereocenters. The molecule has 1 heterocycles. The summed E-state index contributed by atoms with van der Waals surface area (Å²) in [5.74, 6) is 0.247. The summed E-state index contributed by atoms with van der Waals surface area (Å²) in [5, 5.41) is 0.733. The third-order valence-corrected chi connectivity index (χ3v) is 5.03. The van der Waals surface area contributed by atoms with Crippen LogP contribution >= 0.6 is 11.6 Å². The van der Waals surface area contributed by atoms with Gasteiger partial charge in [-0.05, 0) is 37.1 Å². The average Bonchev–Trinajstić information content (AvgIpc) is 2.66. The van der Waals surface area contributed by atoms with Crippen LogP contribution in [0.15, 0.2) is 48.5 Å². The molecule has 0 unspecified atom stereocenters. The normalized spacial score (nSPS) is 14.4. The van der Waals surface area contributed by atoms with Gasteiger partial charge in [-0.3, -0.25) is 9.59 Å². The zero-order valence-corrected chi connectivity index (χ0v) is 15.7. The number of anilines is 1. The molecule has 0 spiro atoms. The van der Waals surface area contributed by atoms with Gasteiger partial charge in [-0.2, -0.15) is 0 Å². The lowest BCUT2D eigenvalue weighted by atomic mass is 10.1. The van der Waals surface area contributed by atoms with Gasteiger partial charge in [0, 0.05) is 48.9 Å². The van der Waals surface area contributed by atoms with Crippen molar-refractivity contribution < 1.29 is 9.59 Å². The lowest BCUT2D eigenvalue weighted by Gasteiger charge is -2.36. The zero-order valence-electron chi connectivity index (χ0n) is 15.0. The Labute approximate surface area is 159 Å². The van der Waals surface area contributed by atoms with E-state index < -0.39 is 0 Å². The molecule has 0 radical (unpaired) electrons. The first-order valence-corrected chi connectivity index (χ1v) is 9.29. The van der Waals surface area contributed by atoms with E-state index in [1.54, 1.807) is 6.92 Å². The number of carbonyl (C=O) groups is 2. The van der Waals surface area contributed by atoms with Crippen LogP contribution in [0.1, 0.15) is 29.3 Å². The third-order valence-electron chi connectivity index (χ3n) is 4.79. The Morgan fingerprint density at radius 3 is 2.31 bits per heavy atom. The molecule has 1 amide bonds. The van der Waals surface area contributed by atoms with Gasteiger partial charge in [0.1, 0.15) is 0 Å². The van der Waals surface area contributed by atoms with Gasteiger partial charge in [-0.25, -0.2) is 0 Å². The second kappa shape index (κ2) is 8.37. The molecule has 0 aliphatic carbocycles. The summed E-state index contributed by atoms with van der Waals surface area (Å²) in [6.07, 6.45) is 1.20. The average molecular weight is 371 g/mol. The topological polar surface area (TPSA) is 40.6 Å². The van der Waals surface area contributed by atoms with Crippen molar-refractivity contribution in [2.45, 2.75) is 19.8 Å². The number of hydrogen-bond acceptors (Lipinski definition) is 3. The third kappa shape index (κ3) is 4.64. The van der Waals surface area contributed by atoms with Crippen LogP contribution in [0.3, 0.4) is 0 Å². The second-order valence-electron chi connectivity index (χ2n) is 6.60. The van der Waals surface area contributed by atoms with Crippen LogP contribution in [0.5, 0.6) is 0 Å². The molecule has 0 N–H and O–H groups in total. The fourth-order valence-electron chi connectivity index (χ4n) is 3.20. The van der Waals surface area contributed by atoms with Crippen LogP contribution < -0.4 is 4.90 Å². The molecule has 1 aliphatic rings. The Hall–Kier alpha value is -2.33. The minimum atomic E-state index is 0.0604. The summed E-state index contributed by atoms with van der Waals surface area (Å²) in [6.45, 7) is 4.66. The summed E-state index contributed by atoms with van der Waals surface area (Å²) >= 11 is 6.06. The van der Waals surface area contributed by atoms with Crippen LogP contribution in [0, 0.1) is 0 Å². The van der Waals surface area contributed by atoms with E-state index >= 15 is 0 Å². The Bertz CT molecular complexity index is 781. The Balaban J connectivity index is 1.48. The van der Waals surface area contributed by atoms with Gasteiger partial charge in [0.15, 0.2) is 5.78 Å². The number of ketones is 1. The van der Waals surface area contributed by atoms with Crippen molar-refractivity contribution in [3.63, 3.8) is 0 Å². The Kier molecular flexibility index (Phi) is 5.94. The van der Waals surface area contributed by atoms with E-state index in [1.807, 2.05) is 53.4 Å². The number of benzene rings is 2. The molecule has 2 aromatic carbocycles. The lowest BCUT2D eigenvalue weighted by molar-refractivity contribution is -0.131. The number of halogens is 1. The molecule has 26 heavy (non-hydrogen) atoms. The highest BCUT2D eigenvalue weighted by Crippen LogP contribution is 2.21. The smallest absolute Gasteiger partial charge is 0.223 e. The van der Waals surface area contributed by atoms with E-state index in [1.165, 1.54) is 0 Å². The van der Waals surface area contributed by atoms with E-state index in [0.29, 0.717) is 18.4 Å². The maximum absolute atomic E-state index is 12.5. The number of piperazine rings is 1. The first kappa shape index (κ1) is 18.5. The molecular formula is C21H23ClN2O2. The zero-order chi connectivity index (χ0) is 18.5. The number of aryl methyl sites for hydroxylation is 1. The van der Waals surface area contributed by atoms with E-state index in [2.05, 4.69) is 4.90 Å². The summed E-state index contributed by atoms with van der Waals surface area (Å²) in [5.41, 5.74) is 2.90. The van der Waals surface area contributed by atoms with E-state index in [4.69, 9.17) is 11.6 Å². The second-order valence-corrected chi connectivity index (χ2v) is 7.04. The van der Waals surface area contributed by atoms with Gasteiger partial charge in [0.2, 0.25) is 5.91 Å². The Morgan fingerprint density at radius 2 is 1.69 bits per heavy atom. The molecule has 0 bridgehead atoms. The molecule has 0 aromatic heterocycles. The van der Waals surface area contributed by atoms with Crippen molar-refractivity contribution in [2.75, 3.05) is 31.1 Å². The highest BCUT2D eigenvalue weighted by atomic mass is 35.5. The number of nitrogens with zero attached hydrogens (tertiary/aromatic N) is 2. The summed E-state index contributed by atoms with van der Waals surface area (Å²) < 4.78 is 0. The molecule has 1 aliphatic heterocycles. The number of rotatable bonds is 5. The number of carbonyl (C=O) groups excluding carboxylic acids is 2. The van der Waals surface area contributed by atoms with Gasteiger partial charge in [0.25, 0.3) is 0 Å². The van der Waals surface area contributed by atoms with Gasteiger partial charge in [0.05, 0.1) is 0 Å². The van der Waals surface area contributed by atoms with Crippen molar-refractivity contribution in [3.8, 4) is 0 Å². The highest BCUT2D eigenvalue weighted by Gasteiger charge is 2.21. The van der Waals surface area contributed by atoms with Crippen molar-refractivity contribution in [3.05, 3.63) is 64.7 Å². The van der Waals surface area contributed by atoms with Crippen LogP contribution in [-0.2, 0) is 11.2 Å². The maximum atomic E-state index is 12.5. The van der Waals surface area contributed by atoms with Crippen LogP contribution in [0.2, 0.25) is 5.02 Å². The van der Waals surface area contributed by atoms with Gasteiger partial charge < -0.3 is 9.80 Å². The molecule has 4 nitrogen and oxygen atoms in total. The van der Waals surface area contributed by atoms with Crippen molar-refractivity contribution >= 4 is 29.0 Å². The van der Waals surface area contributed by atoms with Gasteiger partial charge >= 0.3 is 0 Å². The first-order valence-electron chi connectivity index (χ1n) is 8.91.